The molecule has 0 heterocycles. The largest absolute Gasteiger partial charge is 0.272 e. The van der Waals surface area contributed by atoms with Crippen molar-refractivity contribution in [2.75, 3.05) is 5.75 Å². The molecule has 3 nitrogen and oxygen atoms in total. The van der Waals surface area contributed by atoms with E-state index in [1.807, 2.05) is 32.0 Å². The molecule has 0 unspecified atom stereocenters. The average molecular weight is 326 g/mol. The van der Waals surface area contributed by atoms with Crippen molar-refractivity contribution in [2.45, 2.75) is 26.5 Å². The summed E-state index contributed by atoms with van der Waals surface area (Å²) < 4.78 is 0. The average Bonchev–Trinajstić information content (AvgIpc) is 2.56. The second-order valence-corrected chi connectivity index (χ2v) is 6.51. The van der Waals surface area contributed by atoms with Crippen molar-refractivity contribution in [2.24, 2.45) is 5.10 Å². The summed E-state index contributed by atoms with van der Waals surface area (Å²) in [7, 11) is 0. The molecule has 0 aliphatic rings. The van der Waals surface area contributed by atoms with E-state index in [2.05, 4.69) is 47.8 Å². The lowest BCUT2D eigenvalue weighted by atomic mass is 10.0. The van der Waals surface area contributed by atoms with E-state index in [4.69, 9.17) is 0 Å². The molecule has 0 saturated heterocycles. The summed E-state index contributed by atoms with van der Waals surface area (Å²) in [6, 6.07) is 16.4. The first-order chi connectivity index (χ1) is 11.1. The van der Waals surface area contributed by atoms with Gasteiger partial charge in [0.15, 0.2) is 0 Å². The number of hydrogen-bond donors (Lipinski definition) is 1. The topological polar surface area (TPSA) is 41.5 Å². The van der Waals surface area contributed by atoms with E-state index in [0.29, 0.717) is 5.75 Å². The van der Waals surface area contributed by atoms with Crippen LogP contribution in [0.4, 0.5) is 0 Å². The molecule has 120 valence electrons. The number of thioether (sulfide) groups is 1. The third-order valence-corrected chi connectivity index (χ3v) is 4.48. The number of carbonyl (C=O) groups is 1. The molecule has 23 heavy (non-hydrogen) atoms. The van der Waals surface area contributed by atoms with Crippen molar-refractivity contribution in [1.29, 1.82) is 0 Å². The van der Waals surface area contributed by atoms with Crippen LogP contribution in [-0.4, -0.2) is 17.4 Å². The van der Waals surface area contributed by atoms with Crippen LogP contribution < -0.4 is 5.43 Å². The zero-order chi connectivity index (χ0) is 16.7. The van der Waals surface area contributed by atoms with Gasteiger partial charge < -0.3 is 0 Å². The van der Waals surface area contributed by atoms with Crippen molar-refractivity contribution in [3.63, 3.8) is 0 Å². The van der Waals surface area contributed by atoms with Crippen LogP contribution in [-0.2, 0) is 10.5 Å². The molecule has 2 rings (SSSR count). The molecular formula is C19H22N2OS. The molecule has 4 heteroatoms. The first-order valence-corrected chi connectivity index (χ1v) is 8.74. The van der Waals surface area contributed by atoms with Crippen LogP contribution in [0.3, 0.4) is 0 Å². The summed E-state index contributed by atoms with van der Waals surface area (Å²) in [5, 5.41) is 4.23. The van der Waals surface area contributed by atoms with Gasteiger partial charge in [-0.1, -0.05) is 48.0 Å². The SMILES string of the molecule is C/C(=N/NC(=O)CSCc1ccccc1)c1cc(C)ccc1C. The van der Waals surface area contributed by atoms with Crippen molar-refractivity contribution < 1.29 is 4.79 Å². The van der Waals surface area contributed by atoms with Gasteiger partial charge in [-0.15, -0.1) is 11.8 Å². The number of nitrogens with one attached hydrogen (secondary N) is 1. The molecule has 0 radical (unpaired) electrons. The summed E-state index contributed by atoms with van der Waals surface area (Å²) in [4.78, 5) is 11.9. The van der Waals surface area contributed by atoms with Crippen LogP contribution in [0.15, 0.2) is 53.6 Å². The van der Waals surface area contributed by atoms with E-state index in [1.165, 1.54) is 11.1 Å². The standard InChI is InChI=1S/C19H22N2OS/c1-14-9-10-15(2)18(11-14)16(3)20-21-19(22)13-23-12-17-7-5-4-6-8-17/h4-11H,12-13H2,1-3H3,(H,21,22)/b20-16-. The van der Waals surface area contributed by atoms with Crippen LogP contribution in [0.1, 0.15) is 29.2 Å². The summed E-state index contributed by atoms with van der Waals surface area (Å²) in [6.07, 6.45) is 0. The van der Waals surface area contributed by atoms with Gasteiger partial charge in [-0.05, 0) is 38.0 Å². The zero-order valence-electron chi connectivity index (χ0n) is 13.8. The molecule has 0 bridgehead atoms. The lowest BCUT2D eigenvalue weighted by molar-refractivity contribution is -0.118. The Morgan fingerprint density at radius 1 is 1.13 bits per heavy atom. The summed E-state index contributed by atoms with van der Waals surface area (Å²) in [6.45, 7) is 6.01. The first-order valence-electron chi connectivity index (χ1n) is 7.58. The normalized spacial score (nSPS) is 11.3. The molecular weight excluding hydrogens is 304 g/mol. The lowest BCUT2D eigenvalue weighted by Crippen LogP contribution is -2.21. The van der Waals surface area contributed by atoms with Crippen molar-refractivity contribution in [1.82, 2.24) is 5.43 Å². The van der Waals surface area contributed by atoms with Gasteiger partial charge in [-0.25, -0.2) is 5.43 Å². The fourth-order valence-corrected chi connectivity index (χ4v) is 2.98. The molecule has 0 aliphatic heterocycles. The molecule has 2 aromatic carbocycles. The van der Waals surface area contributed by atoms with Gasteiger partial charge in [-0.3, -0.25) is 4.79 Å². The van der Waals surface area contributed by atoms with Crippen LogP contribution in [0.2, 0.25) is 0 Å². The number of rotatable bonds is 6. The Hall–Kier alpha value is -2.07. The Bertz CT molecular complexity index is 696. The number of carbonyl (C=O) groups excluding carboxylic acids is 1. The molecule has 1 amide bonds. The van der Waals surface area contributed by atoms with Gasteiger partial charge >= 0.3 is 0 Å². The third kappa shape index (κ3) is 5.57. The Kier molecular flexibility index (Phi) is 6.41. The number of hydrazone groups is 1. The maximum absolute atomic E-state index is 11.9. The molecule has 0 saturated carbocycles. The number of aryl methyl sites for hydroxylation is 2. The number of benzene rings is 2. The van der Waals surface area contributed by atoms with Gasteiger partial charge in [0.1, 0.15) is 0 Å². The number of amides is 1. The lowest BCUT2D eigenvalue weighted by Gasteiger charge is -2.07. The van der Waals surface area contributed by atoms with E-state index < -0.39 is 0 Å². The van der Waals surface area contributed by atoms with E-state index >= 15 is 0 Å². The quantitative estimate of drug-likeness (QED) is 0.642. The maximum atomic E-state index is 11.9. The minimum absolute atomic E-state index is 0.0735. The monoisotopic (exact) mass is 326 g/mol. The summed E-state index contributed by atoms with van der Waals surface area (Å²) >= 11 is 1.59. The molecule has 0 atom stereocenters. The Balaban J connectivity index is 1.84. The van der Waals surface area contributed by atoms with Crippen LogP contribution >= 0.6 is 11.8 Å². The van der Waals surface area contributed by atoms with Crippen LogP contribution in [0.5, 0.6) is 0 Å². The van der Waals surface area contributed by atoms with Crippen LogP contribution in [0, 0.1) is 13.8 Å². The number of nitrogens with zero attached hydrogens (tertiary/aromatic N) is 1. The smallest absolute Gasteiger partial charge is 0.250 e. The minimum Gasteiger partial charge on any atom is -0.272 e. The van der Waals surface area contributed by atoms with E-state index in [0.717, 1.165) is 22.6 Å². The predicted molar refractivity (Wildman–Crippen MR) is 98.9 cm³/mol. The third-order valence-electron chi connectivity index (χ3n) is 3.48. The van der Waals surface area contributed by atoms with Crippen molar-refractivity contribution in [3.8, 4) is 0 Å². The zero-order valence-corrected chi connectivity index (χ0v) is 14.6. The minimum atomic E-state index is -0.0735. The Labute approximate surface area is 142 Å². The summed E-state index contributed by atoms with van der Waals surface area (Å²) in [5.41, 5.74) is 8.10. The van der Waals surface area contributed by atoms with Gasteiger partial charge in [0.2, 0.25) is 5.91 Å². The van der Waals surface area contributed by atoms with E-state index in [-0.39, 0.29) is 5.91 Å². The maximum Gasteiger partial charge on any atom is 0.250 e. The van der Waals surface area contributed by atoms with Gasteiger partial charge in [0, 0.05) is 11.3 Å². The molecule has 1 N–H and O–H groups in total. The summed E-state index contributed by atoms with van der Waals surface area (Å²) in [5.74, 6) is 1.16. The second-order valence-electron chi connectivity index (χ2n) is 5.53. The van der Waals surface area contributed by atoms with Crippen molar-refractivity contribution >= 4 is 23.4 Å². The predicted octanol–water partition coefficient (Wildman–Crippen LogP) is 4.08. The highest BCUT2D eigenvalue weighted by molar-refractivity contribution is 7.99. The molecule has 0 spiro atoms. The Morgan fingerprint density at radius 3 is 2.61 bits per heavy atom. The first kappa shape index (κ1) is 17.3. The van der Waals surface area contributed by atoms with Gasteiger partial charge in [0.05, 0.1) is 11.5 Å². The Morgan fingerprint density at radius 2 is 1.87 bits per heavy atom. The molecule has 0 aliphatic carbocycles. The van der Waals surface area contributed by atoms with E-state index in [9.17, 15) is 4.79 Å². The van der Waals surface area contributed by atoms with Gasteiger partial charge in [-0.2, -0.15) is 5.10 Å². The molecule has 2 aromatic rings. The van der Waals surface area contributed by atoms with Gasteiger partial charge in [0.25, 0.3) is 0 Å². The molecule has 0 aromatic heterocycles. The fraction of sp³-hybridized carbons (Fsp3) is 0.263. The van der Waals surface area contributed by atoms with Crippen molar-refractivity contribution in [3.05, 3.63) is 70.8 Å². The number of hydrogen-bond acceptors (Lipinski definition) is 3. The highest BCUT2D eigenvalue weighted by Crippen LogP contribution is 2.12. The fourth-order valence-electron chi connectivity index (χ4n) is 2.20. The highest BCUT2D eigenvalue weighted by atomic mass is 32.2. The molecule has 0 fully saturated rings. The second kappa shape index (κ2) is 8.53. The van der Waals surface area contributed by atoms with Crippen LogP contribution in [0.25, 0.3) is 0 Å². The highest BCUT2D eigenvalue weighted by Gasteiger charge is 2.05. The van der Waals surface area contributed by atoms with E-state index in [1.54, 1.807) is 11.8 Å².